The van der Waals surface area contributed by atoms with Crippen LogP contribution in [0.5, 0.6) is 0 Å². The maximum absolute atomic E-state index is 14.6. The Kier molecular flexibility index (Phi) is 7.70. The zero-order chi connectivity index (χ0) is 26.9. The fraction of sp³-hybridized carbons (Fsp3) is 0.259. The molecular weight excluding hydrogens is 508 g/mol. The molecule has 1 saturated heterocycles. The van der Waals surface area contributed by atoms with Crippen molar-refractivity contribution in [3.8, 4) is 11.1 Å². The Hall–Kier alpha value is -3.24. The van der Waals surface area contributed by atoms with Gasteiger partial charge in [-0.2, -0.15) is 13.2 Å². The largest absolute Gasteiger partial charge is 0.422 e. The van der Waals surface area contributed by atoms with Crippen molar-refractivity contribution in [2.24, 2.45) is 0 Å². The van der Waals surface area contributed by atoms with Crippen LogP contribution in [-0.2, 0) is 15.7 Å². The molecule has 0 aliphatic carbocycles. The van der Waals surface area contributed by atoms with Crippen LogP contribution in [0.15, 0.2) is 60.4 Å². The van der Waals surface area contributed by atoms with Crippen molar-refractivity contribution in [1.82, 2.24) is 0 Å². The van der Waals surface area contributed by atoms with E-state index in [-0.39, 0.29) is 42.2 Å². The van der Waals surface area contributed by atoms with Gasteiger partial charge >= 0.3 is 6.18 Å². The number of rotatable bonds is 5. The fourth-order valence-corrected chi connectivity index (χ4v) is 4.02. The average Bonchev–Trinajstić information content (AvgIpc) is 2.86. The van der Waals surface area contributed by atoms with Crippen molar-refractivity contribution in [2.75, 3.05) is 13.2 Å². The van der Waals surface area contributed by atoms with E-state index in [1.165, 1.54) is 19.1 Å². The summed E-state index contributed by atoms with van der Waals surface area (Å²) in [6, 6.07) is 11.2. The highest BCUT2D eigenvalue weighted by Gasteiger charge is 2.38. The third-order valence-electron chi connectivity index (χ3n) is 5.98. The molecule has 10 heteroatoms. The first-order chi connectivity index (χ1) is 17.5. The Morgan fingerprint density at radius 2 is 1.41 bits per heavy atom. The molecule has 3 aromatic rings. The highest BCUT2D eigenvalue weighted by atomic mass is 19.4. The number of hydrogen-bond acceptors (Lipinski definition) is 2. The zero-order valence-corrected chi connectivity index (χ0v) is 19.3. The van der Waals surface area contributed by atoms with Crippen molar-refractivity contribution in [3.63, 3.8) is 0 Å². The molecule has 0 aromatic heterocycles. The van der Waals surface area contributed by atoms with Gasteiger partial charge in [-0.05, 0) is 35.7 Å². The predicted octanol–water partition coefficient (Wildman–Crippen LogP) is 8.64. The summed E-state index contributed by atoms with van der Waals surface area (Å²) in [6.45, 7) is 1.54. The monoisotopic (exact) mass is 528 g/mol. The molecule has 1 aliphatic rings. The molecule has 0 bridgehead atoms. The van der Waals surface area contributed by atoms with Gasteiger partial charge in [-0.1, -0.05) is 43.3 Å². The smallest absolute Gasteiger partial charge is 0.348 e. The van der Waals surface area contributed by atoms with Crippen molar-refractivity contribution >= 4 is 5.83 Å². The number of halogens is 8. The second kappa shape index (κ2) is 10.6. The number of allylic oxidation sites excluding steroid dienone is 1. The molecule has 0 radical (unpaired) electrons. The molecule has 0 N–H and O–H groups in total. The van der Waals surface area contributed by atoms with Crippen LogP contribution in [-0.4, -0.2) is 13.2 Å². The van der Waals surface area contributed by atoms with Gasteiger partial charge in [0.05, 0.1) is 13.2 Å². The lowest BCUT2D eigenvalue weighted by molar-refractivity contribution is -0.192. The summed E-state index contributed by atoms with van der Waals surface area (Å²) in [7, 11) is 0. The Balaban J connectivity index is 1.44. The first kappa shape index (κ1) is 26.8. The van der Waals surface area contributed by atoms with E-state index < -0.39 is 47.1 Å². The molecule has 0 spiro atoms. The van der Waals surface area contributed by atoms with Crippen molar-refractivity contribution in [3.05, 3.63) is 100 Å². The summed E-state index contributed by atoms with van der Waals surface area (Å²) in [4.78, 5) is 0. The topological polar surface area (TPSA) is 18.5 Å². The zero-order valence-electron chi connectivity index (χ0n) is 19.3. The van der Waals surface area contributed by atoms with Gasteiger partial charge in [0.2, 0.25) is 0 Å². The Morgan fingerprint density at radius 1 is 0.811 bits per heavy atom. The number of benzene rings is 3. The fourth-order valence-electron chi connectivity index (χ4n) is 4.02. The molecule has 0 unspecified atom stereocenters. The Morgan fingerprint density at radius 3 is 1.92 bits per heavy atom. The molecule has 196 valence electrons. The number of ether oxygens (including phenoxy) is 2. The van der Waals surface area contributed by atoms with Crippen molar-refractivity contribution in [2.45, 2.75) is 31.7 Å². The van der Waals surface area contributed by atoms with Gasteiger partial charge in [0.15, 0.2) is 12.1 Å². The maximum atomic E-state index is 14.6. The highest BCUT2D eigenvalue weighted by molar-refractivity contribution is 5.69. The van der Waals surface area contributed by atoms with E-state index >= 15 is 0 Å². The van der Waals surface area contributed by atoms with Gasteiger partial charge in [0.1, 0.15) is 28.8 Å². The summed E-state index contributed by atoms with van der Waals surface area (Å²) in [5, 5.41) is 0. The van der Waals surface area contributed by atoms with E-state index in [0.717, 1.165) is 11.6 Å². The van der Waals surface area contributed by atoms with Crippen molar-refractivity contribution < 1.29 is 44.6 Å². The number of hydrogen-bond donors (Lipinski definition) is 0. The summed E-state index contributed by atoms with van der Waals surface area (Å²) in [6.07, 6.45) is -6.57. The summed E-state index contributed by atoms with van der Waals surface area (Å²) in [5.74, 6) is -6.64. The molecule has 37 heavy (non-hydrogen) atoms. The van der Waals surface area contributed by atoms with Gasteiger partial charge in [0.25, 0.3) is 0 Å². The second-order valence-electron chi connectivity index (χ2n) is 8.44. The molecule has 0 amide bonds. The van der Waals surface area contributed by atoms with Crippen LogP contribution < -0.4 is 0 Å². The van der Waals surface area contributed by atoms with E-state index in [0.29, 0.717) is 17.7 Å². The quantitative estimate of drug-likeness (QED) is 0.309. The minimum atomic E-state index is -5.18. The first-order valence-electron chi connectivity index (χ1n) is 11.2. The van der Waals surface area contributed by atoms with E-state index in [4.69, 9.17) is 9.47 Å². The lowest BCUT2D eigenvalue weighted by Crippen LogP contribution is -2.26. The molecule has 0 saturated carbocycles. The summed E-state index contributed by atoms with van der Waals surface area (Å²) in [5.41, 5.74) is -0.993. The maximum Gasteiger partial charge on any atom is 0.422 e. The average molecular weight is 528 g/mol. The predicted molar refractivity (Wildman–Crippen MR) is 120 cm³/mol. The Bertz CT molecular complexity index is 1280. The van der Waals surface area contributed by atoms with Crippen LogP contribution >= 0.6 is 0 Å². The van der Waals surface area contributed by atoms with Gasteiger partial charge in [-0.25, -0.2) is 22.0 Å². The van der Waals surface area contributed by atoms with Crippen LogP contribution in [0.1, 0.15) is 47.8 Å². The van der Waals surface area contributed by atoms with Gasteiger partial charge in [0, 0.05) is 22.6 Å². The third-order valence-corrected chi connectivity index (χ3v) is 5.98. The molecule has 1 heterocycles. The van der Waals surface area contributed by atoms with Crippen LogP contribution in [0.25, 0.3) is 17.0 Å². The summed E-state index contributed by atoms with van der Waals surface area (Å²) < 4.78 is 119. The SMILES string of the molecule is CC/C(F)=C(\F)c1ccc(-c2ccc(C3COC(c4cc(F)c(C(F)(F)F)c(F)c4)OC3)cc2)c(F)c1. The van der Waals surface area contributed by atoms with Crippen LogP contribution in [0.4, 0.5) is 35.1 Å². The van der Waals surface area contributed by atoms with E-state index in [1.807, 2.05) is 0 Å². The molecule has 4 rings (SSSR count). The Labute approximate surface area is 207 Å². The van der Waals surface area contributed by atoms with Crippen molar-refractivity contribution in [1.29, 1.82) is 0 Å². The lowest BCUT2D eigenvalue weighted by Gasteiger charge is -2.30. The number of alkyl halides is 3. The van der Waals surface area contributed by atoms with Gasteiger partial charge < -0.3 is 9.47 Å². The lowest BCUT2D eigenvalue weighted by atomic mass is 9.96. The molecule has 1 fully saturated rings. The molecule has 1 aliphatic heterocycles. The highest BCUT2D eigenvalue weighted by Crippen LogP contribution is 2.37. The minimum Gasteiger partial charge on any atom is -0.348 e. The molecular formula is C27H20F8O2. The standard InChI is InChI=1S/C27H20F8O2/c1-2-20(28)25(32)16-7-8-19(21(29)9-16)15-5-3-14(4-6-15)18-12-36-26(37-13-18)17-10-22(30)24(23(31)11-17)27(33,34)35/h3-11,18,26H,2,12-13H2,1H3/b25-20+. The third kappa shape index (κ3) is 5.70. The summed E-state index contributed by atoms with van der Waals surface area (Å²) >= 11 is 0. The normalized spacial score (nSPS) is 19.1. The molecule has 3 aromatic carbocycles. The van der Waals surface area contributed by atoms with E-state index in [2.05, 4.69) is 0 Å². The van der Waals surface area contributed by atoms with Gasteiger partial charge in [-0.3, -0.25) is 0 Å². The van der Waals surface area contributed by atoms with E-state index in [1.54, 1.807) is 24.3 Å². The minimum absolute atomic E-state index is 0.0476. The molecule has 0 atom stereocenters. The van der Waals surface area contributed by atoms with Gasteiger partial charge in [-0.15, -0.1) is 0 Å². The van der Waals surface area contributed by atoms with Crippen LogP contribution in [0.2, 0.25) is 0 Å². The first-order valence-corrected chi connectivity index (χ1v) is 11.2. The second-order valence-corrected chi connectivity index (χ2v) is 8.44. The van der Waals surface area contributed by atoms with Crippen LogP contribution in [0.3, 0.4) is 0 Å². The van der Waals surface area contributed by atoms with E-state index in [9.17, 15) is 35.1 Å². The van der Waals surface area contributed by atoms with Crippen LogP contribution in [0, 0.1) is 17.5 Å². The molecule has 2 nitrogen and oxygen atoms in total.